The number of benzene rings is 2. The Bertz CT molecular complexity index is 1240. The summed E-state index contributed by atoms with van der Waals surface area (Å²) >= 11 is 1.65. The van der Waals surface area contributed by atoms with E-state index in [0.29, 0.717) is 12.2 Å². The van der Waals surface area contributed by atoms with Crippen LogP contribution in [0.1, 0.15) is 29.4 Å². The lowest BCUT2D eigenvalue weighted by molar-refractivity contribution is 0.102. The molecule has 0 aliphatic carbocycles. The summed E-state index contributed by atoms with van der Waals surface area (Å²) in [6, 6.07) is 16.6. The normalized spacial score (nSPS) is 11.0. The molecule has 0 aliphatic rings. The molecule has 0 bridgehead atoms. The van der Waals surface area contributed by atoms with Crippen LogP contribution in [0.2, 0.25) is 0 Å². The lowest BCUT2D eigenvalue weighted by Gasteiger charge is -2.07. The first kappa shape index (κ1) is 19.0. The number of nitrogens with one attached hydrogen (secondary N) is 1. The van der Waals surface area contributed by atoms with Crippen molar-refractivity contribution >= 4 is 33.1 Å². The summed E-state index contributed by atoms with van der Waals surface area (Å²) in [5.74, 6) is -0.349. The number of rotatable bonds is 5. The van der Waals surface area contributed by atoms with Gasteiger partial charge >= 0.3 is 0 Å². The molecule has 0 aliphatic heterocycles. The predicted molar refractivity (Wildman–Crippen MR) is 117 cm³/mol. The Kier molecular flexibility index (Phi) is 5.22. The third-order valence-electron chi connectivity index (χ3n) is 4.47. The molecular weight excluding hydrogens is 384 g/mol. The van der Waals surface area contributed by atoms with Gasteiger partial charge in [-0.15, -0.1) is 11.3 Å². The first-order valence-electron chi connectivity index (χ1n) is 9.40. The molecule has 6 nitrogen and oxygen atoms in total. The molecule has 0 saturated carbocycles. The minimum Gasteiger partial charge on any atom is -0.321 e. The summed E-state index contributed by atoms with van der Waals surface area (Å²) < 4.78 is 2.47. The van der Waals surface area contributed by atoms with Crippen LogP contribution >= 0.6 is 11.3 Å². The topological polar surface area (TPSA) is 76.9 Å². The van der Waals surface area contributed by atoms with Crippen molar-refractivity contribution in [3.8, 4) is 10.6 Å². The van der Waals surface area contributed by atoms with Gasteiger partial charge in [-0.05, 0) is 61.4 Å². The van der Waals surface area contributed by atoms with Gasteiger partial charge in [-0.25, -0.2) is 9.67 Å². The molecule has 146 valence electrons. The first-order chi connectivity index (χ1) is 14.0. The standard InChI is InChI=1S/C22H20N4O2S/c1-3-12-26-20(27)11-10-18(25-26)21(28)23-16-7-5-15(6-8-16)22-24-17-9-4-14(2)13-19(17)29-22/h4-11,13H,3,12H2,1-2H3,(H,23,28). The Labute approximate surface area is 171 Å². The lowest BCUT2D eigenvalue weighted by Crippen LogP contribution is -2.26. The largest absolute Gasteiger partial charge is 0.321 e. The number of amides is 1. The summed E-state index contributed by atoms with van der Waals surface area (Å²) in [4.78, 5) is 28.9. The zero-order chi connectivity index (χ0) is 20.4. The number of aryl methyl sites for hydroxylation is 2. The van der Waals surface area contributed by atoms with E-state index in [1.54, 1.807) is 11.3 Å². The second-order valence-electron chi connectivity index (χ2n) is 6.80. The molecule has 1 N–H and O–H groups in total. The number of hydrogen-bond acceptors (Lipinski definition) is 5. The SMILES string of the molecule is CCCn1nc(C(=O)Nc2ccc(-c3nc4ccc(C)cc4s3)cc2)ccc1=O. The maximum Gasteiger partial charge on any atom is 0.276 e. The molecule has 4 aromatic rings. The highest BCUT2D eigenvalue weighted by molar-refractivity contribution is 7.21. The van der Waals surface area contributed by atoms with E-state index in [1.165, 1.54) is 22.4 Å². The maximum absolute atomic E-state index is 12.5. The fourth-order valence-corrected chi connectivity index (χ4v) is 4.06. The molecule has 29 heavy (non-hydrogen) atoms. The van der Waals surface area contributed by atoms with Crippen molar-refractivity contribution in [2.75, 3.05) is 5.32 Å². The van der Waals surface area contributed by atoms with Crippen LogP contribution in [0, 0.1) is 6.92 Å². The van der Waals surface area contributed by atoms with Crippen LogP contribution in [0.4, 0.5) is 5.69 Å². The molecule has 0 atom stereocenters. The van der Waals surface area contributed by atoms with Crippen LogP contribution in [0.25, 0.3) is 20.8 Å². The van der Waals surface area contributed by atoms with Crippen molar-refractivity contribution in [1.82, 2.24) is 14.8 Å². The average Bonchev–Trinajstić information content (AvgIpc) is 3.13. The first-order valence-corrected chi connectivity index (χ1v) is 10.2. The molecule has 0 radical (unpaired) electrons. The van der Waals surface area contributed by atoms with Crippen LogP contribution < -0.4 is 10.9 Å². The predicted octanol–water partition coefficient (Wildman–Crippen LogP) is 4.49. The van der Waals surface area contributed by atoms with Crippen molar-refractivity contribution in [3.05, 3.63) is 76.2 Å². The minimum absolute atomic E-state index is 0.209. The summed E-state index contributed by atoms with van der Waals surface area (Å²) in [5, 5.41) is 7.91. The Hall–Kier alpha value is -3.32. The minimum atomic E-state index is -0.349. The van der Waals surface area contributed by atoms with E-state index in [1.807, 2.05) is 37.3 Å². The monoisotopic (exact) mass is 404 g/mol. The van der Waals surface area contributed by atoms with E-state index in [4.69, 9.17) is 0 Å². The van der Waals surface area contributed by atoms with Gasteiger partial charge in [0.05, 0.1) is 10.2 Å². The van der Waals surface area contributed by atoms with Gasteiger partial charge in [0.25, 0.3) is 11.5 Å². The number of fused-ring (bicyclic) bond motifs is 1. The molecule has 4 rings (SSSR count). The maximum atomic E-state index is 12.5. The highest BCUT2D eigenvalue weighted by atomic mass is 32.1. The van der Waals surface area contributed by atoms with Gasteiger partial charge in [0.1, 0.15) is 10.7 Å². The summed E-state index contributed by atoms with van der Waals surface area (Å²) in [7, 11) is 0. The molecular formula is C22H20N4O2S. The molecule has 0 unspecified atom stereocenters. The fourth-order valence-electron chi connectivity index (χ4n) is 2.99. The zero-order valence-corrected chi connectivity index (χ0v) is 17.0. The number of nitrogens with zero attached hydrogens (tertiary/aromatic N) is 3. The zero-order valence-electron chi connectivity index (χ0n) is 16.2. The van der Waals surface area contributed by atoms with Gasteiger partial charge in [0.15, 0.2) is 0 Å². The van der Waals surface area contributed by atoms with Crippen LogP contribution in [-0.4, -0.2) is 20.7 Å². The van der Waals surface area contributed by atoms with Crippen LogP contribution in [0.5, 0.6) is 0 Å². The quantitative estimate of drug-likeness (QED) is 0.532. The summed E-state index contributed by atoms with van der Waals surface area (Å²) in [6.45, 7) is 4.50. The van der Waals surface area contributed by atoms with E-state index in [0.717, 1.165) is 27.2 Å². The van der Waals surface area contributed by atoms with Crippen molar-refractivity contribution in [3.63, 3.8) is 0 Å². The van der Waals surface area contributed by atoms with Crippen molar-refractivity contribution in [2.45, 2.75) is 26.8 Å². The van der Waals surface area contributed by atoms with Gasteiger partial charge in [-0.1, -0.05) is 13.0 Å². The molecule has 2 aromatic heterocycles. The molecule has 7 heteroatoms. The number of aromatic nitrogens is 3. The Morgan fingerprint density at radius 1 is 1.10 bits per heavy atom. The van der Waals surface area contributed by atoms with Gasteiger partial charge in [-0.2, -0.15) is 5.10 Å². The molecule has 0 fully saturated rings. The molecule has 0 saturated heterocycles. The van der Waals surface area contributed by atoms with E-state index in [9.17, 15) is 9.59 Å². The Balaban J connectivity index is 1.52. The van der Waals surface area contributed by atoms with Gasteiger partial charge in [0, 0.05) is 23.9 Å². The van der Waals surface area contributed by atoms with Crippen LogP contribution in [-0.2, 0) is 6.54 Å². The van der Waals surface area contributed by atoms with Gasteiger partial charge in [0.2, 0.25) is 0 Å². The smallest absolute Gasteiger partial charge is 0.276 e. The molecule has 1 amide bonds. The van der Waals surface area contributed by atoms with E-state index in [-0.39, 0.29) is 17.2 Å². The molecule has 0 spiro atoms. The van der Waals surface area contributed by atoms with E-state index < -0.39 is 0 Å². The third-order valence-corrected chi connectivity index (χ3v) is 5.54. The van der Waals surface area contributed by atoms with Crippen molar-refractivity contribution in [2.24, 2.45) is 0 Å². The fraction of sp³-hybridized carbons (Fsp3) is 0.182. The second kappa shape index (κ2) is 7.97. The molecule has 2 heterocycles. The summed E-state index contributed by atoms with van der Waals surface area (Å²) in [5.41, 5.74) is 3.86. The number of carbonyl (C=O) groups excluding carboxylic acids is 1. The van der Waals surface area contributed by atoms with E-state index >= 15 is 0 Å². The van der Waals surface area contributed by atoms with Crippen molar-refractivity contribution in [1.29, 1.82) is 0 Å². The third kappa shape index (κ3) is 4.09. The van der Waals surface area contributed by atoms with Gasteiger partial charge in [-0.3, -0.25) is 9.59 Å². The lowest BCUT2D eigenvalue weighted by atomic mass is 10.2. The number of anilines is 1. The van der Waals surface area contributed by atoms with Crippen LogP contribution in [0.3, 0.4) is 0 Å². The Morgan fingerprint density at radius 3 is 2.66 bits per heavy atom. The van der Waals surface area contributed by atoms with Crippen LogP contribution in [0.15, 0.2) is 59.4 Å². The van der Waals surface area contributed by atoms with Gasteiger partial charge < -0.3 is 5.32 Å². The molecule has 2 aromatic carbocycles. The number of thiazole rings is 1. The highest BCUT2D eigenvalue weighted by Gasteiger charge is 2.11. The number of hydrogen-bond donors (Lipinski definition) is 1. The number of carbonyl (C=O) groups is 1. The van der Waals surface area contributed by atoms with E-state index in [2.05, 4.69) is 34.5 Å². The van der Waals surface area contributed by atoms with Crippen molar-refractivity contribution < 1.29 is 4.79 Å². The Morgan fingerprint density at radius 2 is 1.90 bits per heavy atom. The second-order valence-corrected chi connectivity index (χ2v) is 7.83. The average molecular weight is 404 g/mol. The summed E-state index contributed by atoms with van der Waals surface area (Å²) in [6.07, 6.45) is 0.769. The highest BCUT2D eigenvalue weighted by Crippen LogP contribution is 2.31.